The highest BCUT2D eigenvalue weighted by Crippen LogP contribution is 2.11. The second-order valence-corrected chi connectivity index (χ2v) is 14.6. The first-order chi connectivity index (χ1) is 27.5. The molecule has 0 rings (SSSR count). The first kappa shape index (κ1) is 65.3. The number of carbonyl (C=O) groups is 6. The number of aliphatic carboxylic acids is 1. The van der Waals surface area contributed by atoms with E-state index in [0.29, 0.717) is 45.1 Å². The third-order valence-corrected chi connectivity index (χ3v) is 6.62. The van der Waals surface area contributed by atoms with Gasteiger partial charge in [-0.1, -0.05) is 30.5 Å². The minimum Gasteiger partial charge on any atom is -0.480 e. The molecule has 348 valence electrons. The van der Waals surface area contributed by atoms with Gasteiger partial charge in [0, 0.05) is 32.8 Å². The molecular weight excluding hydrogens is 838 g/mol. The molecule has 0 aromatic heterocycles. The quantitative estimate of drug-likeness (QED) is 0.0188. The van der Waals surface area contributed by atoms with Crippen LogP contribution in [0.2, 0.25) is 0 Å². The van der Waals surface area contributed by atoms with Gasteiger partial charge in [0.1, 0.15) is 23.9 Å². The molecule has 0 unspecified atom stereocenters. The van der Waals surface area contributed by atoms with Crippen LogP contribution in [-0.2, 0) is 61.1 Å². The van der Waals surface area contributed by atoms with Crippen LogP contribution in [-0.4, -0.2) is 110 Å². The highest BCUT2D eigenvalue weighted by Gasteiger charge is 2.24. The van der Waals surface area contributed by atoms with Crippen molar-refractivity contribution in [3.05, 3.63) is 0 Å². The zero-order valence-corrected chi connectivity index (χ0v) is 39.4. The summed E-state index contributed by atoms with van der Waals surface area (Å²) < 4.78 is 48.0. The monoisotopic (exact) mass is 910 g/mol. The number of ether oxygens (including phenoxy) is 4. The van der Waals surface area contributed by atoms with E-state index in [9.17, 15) is 37.9 Å². The van der Waals surface area contributed by atoms with Gasteiger partial charge < -0.3 is 45.3 Å². The summed E-state index contributed by atoms with van der Waals surface area (Å²) >= 11 is 3.35. The average Bonchev–Trinajstić information content (AvgIpc) is 3.12. The average molecular weight is 911 g/mol. The van der Waals surface area contributed by atoms with E-state index in [1.54, 1.807) is 41.5 Å². The lowest BCUT2D eigenvalue weighted by molar-refractivity contribution is -0.148. The number of alkyl carbamates (subject to hydrolysis) is 2. The van der Waals surface area contributed by atoms with Crippen molar-refractivity contribution < 1.29 is 75.8 Å². The number of rotatable bonds is 25. The third kappa shape index (κ3) is 59.5. The van der Waals surface area contributed by atoms with Crippen LogP contribution in [0.25, 0.3) is 0 Å². The van der Waals surface area contributed by atoms with E-state index < -0.39 is 64.8 Å². The minimum atomic E-state index is -1.06. The molecule has 0 aromatic carbocycles. The van der Waals surface area contributed by atoms with Gasteiger partial charge in [-0.25, -0.2) is 28.3 Å². The van der Waals surface area contributed by atoms with Crippen LogP contribution >= 0.6 is 30.2 Å². The molecule has 0 heterocycles. The molecule has 23 heteroatoms. The van der Waals surface area contributed by atoms with Gasteiger partial charge >= 0.3 is 41.5 Å². The largest absolute Gasteiger partial charge is 0.480 e. The van der Waals surface area contributed by atoms with E-state index in [1.807, 2.05) is 32.6 Å². The Hall–Kier alpha value is -2.87. The normalized spacial score (nSPS) is 11.5. The number of ketones is 2. The molecule has 0 aliphatic heterocycles. The maximum Gasteiger partial charge on any atom is 0.408 e. The van der Waals surface area contributed by atoms with Gasteiger partial charge in [-0.15, -0.1) is 0 Å². The fourth-order valence-electron chi connectivity index (χ4n) is 3.61. The molecule has 59 heavy (non-hydrogen) atoms. The molecule has 0 bridgehead atoms. The number of hydrogen-bond donors (Lipinski definition) is 6. The first-order valence-corrected chi connectivity index (χ1v) is 21.0. The van der Waals surface area contributed by atoms with E-state index in [2.05, 4.69) is 37.3 Å². The molecule has 0 fully saturated rings. The van der Waals surface area contributed by atoms with Crippen molar-refractivity contribution in [2.75, 3.05) is 46.2 Å². The maximum absolute atomic E-state index is 11.7. The van der Waals surface area contributed by atoms with Crippen LogP contribution in [0.4, 0.5) is 9.59 Å². The van der Waals surface area contributed by atoms with E-state index in [4.69, 9.17) is 29.8 Å². The summed E-state index contributed by atoms with van der Waals surface area (Å²) in [5.41, 5.74) is 4.07. The van der Waals surface area contributed by atoms with Crippen molar-refractivity contribution in [2.24, 2.45) is 5.73 Å². The Morgan fingerprint density at radius 1 is 0.678 bits per heavy atom. The molecule has 0 aromatic rings. The molecule has 2 amide bonds. The number of hydrogen-bond acceptors (Lipinski definition) is 18. The van der Waals surface area contributed by atoms with E-state index in [0.717, 1.165) is 39.3 Å². The van der Waals surface area contributed by atoms with Crippen molar-refractivity contribution in [1.82, 2.24) is 15.5 Å². The standard InChI is InChI=1S/C15H26NO6P.C11H22N2O4.2C4H10O.C2H4NO4PS/c1-11(17)13(16-14(19)22-15(2,3)4)9-7-5-6-8-12(18)10-21-23-20;1-11(2,3)17-10(16)13-8(9(14)15)6-4-5-7-12;2*1-3-5-4-2;4-2(7-3-9)1-6-8-5/h13H,5-10H2,1-4H3,(H,16,19);8H,4-7,12H2,1-3H3,(H,13,16)(H,14,15);2*3-4H2,1-2H3;3,9H,1H2/t13-;8-;;;/m00.../s1. The number of carbonyl (C=O) groups excluding carboxylic acids is 5. The molecule has 0 spiro atoms. The number of thiol groups is 1. The second-order valence-electron chi connectivity index (χ2n) is 13.6. The summed E-state index contributed by atoms with van der Waals surface area (Å²) in [6.45, 7) is 23.2. The highest BCUT2D eigenvalue weighted by molar-refractivity contribution is 7.77. The molecule has 0 saturated heterocycles. The Morgan fingerprint density at radius 2 is 1.10 bits per heavy atom. The van der Waals surface area contributed by atoms with E-state index in [1.165, 1.54) is 6.92 Å². The molecular formula is C36H72N4O16P2S. The lowest BCUT2D eigenvalue weighted by atomic mass is 10.0. The SMILES string of the molecule is CC(=O)[C@H](CCCCCC(=O)COP=O)NC(=O)OC(C)(C)C.CC(C)(C)OC(=O)N[C@@H](CCCCN)C(=O)O.CCOCC.CCOCC.O=POCC(=O)ONS. The molecule has 6 N–H and O–H groups in total. The Labute approximate surface area is 359 Å². The van der Waals surface area contributed by atoms with Crippen molar-refractivity contribution in [3.8, 4) is 0 Å². The molecule has 20 nitrogen and oxygen atoms in total. The van der Waals surface area contributed by atoms with Crippen LogP contribution in [0.3, 0.4) is 0 Å². The number of nitrogens with two attached hydrogens (primary N) is 1. The Balaban J connectivity index is -0.000000234. The fraction of sp³-hybridized carbons (Fsp3) is 0.833. The summed E-state index contributed by atoms with van der Waals surface area (Å²) in [6.07, 6.45) is 3.39. The lowest BCUT2D eigenvalue weighted by Crippen LogP contribution is -2.43. The summed E-state index contributed by atoms with van der Waals surface area (Å²) in [6, 6.07) is -1.50. The number of carboxylic acid groups (broad SMARTS) is 1. The number of unbranched alkanes of at least 4 members (excludes halogenated alkanes) is 3. The smallest absolute Gasteiger partial charge is 0.408 e. The van der Waals surface area contributed by atoms with Gasteiger partial charge in [-0.3, -0.25) is 18.6 Å². The van der Waals surface area contributed by atoms with Crippen molar-refractivity contribution in [3.63, 3.8) is 0 Å². The lowest BCUT2D eigenvalue weighted by Gasteiger charge is -2.22. The van der Waals surface area contributed by atoms with Crippen LogP contribution in [0, 0.1) is 0 Å². The second kappa shape index (κ2) is 44.7. The molecule has 2 atom stereocenters. The number of carboxylic acids is 1. The number of nitrogens with one attached hydrogen (secondary N) is 3. The predicted octanol–water partition coefficient (Wildman–Crippen LogP) is 6.49. The van der Waals surface area contributed by atoms with Crippen molar-refractivity contribution in [1.29, 1.82) is 0 Å². The van der Waals surface area contributed by atoms with Crippen LogP contribution in [0.5, 0.6) is 0 Å². The first-order valence-electron chi connectivity index (χ1n) is 19.1. The van der Waals surface area contributed by atoms with E-state index in [-0.39, 0.29) is 24.8 Å². The van der Waals surface area contributed by atoms with Gasteiger partial charge in [0.25, 0.3) is 0 Å². The number of Topliss-reactive ketones (excluding diaryl/α,β-unsaturated/α-hetero) is 2. The fourth-order valence-corrected chi connectivity index (χ4v) is 4.07. The summed E-state index contributed by atoms with van der Waals surface area (Å²) in [7, 11) is -1.04. The molecule has 0 aliphatic carbocycles. The van der Waals surface area contributed by atoms with Crippen molar-refractivity contribution in [2.45, 2.75) is 151 Å². The van der Waals surface area contributed by atoms with Crippen LogP contribution in [0.15, 0.2) is 0 Å². The van der Waals surface area contributed by atoms with Gasteiger partial charge in [-0.2, -0.15) is 0 Å². The topological polar surface area (TPSA) is 284 Å². The van der Waals surface area contributed by atoms with E-state index >= 15 is 0 Å². The summed E-state index contributed by atoms with van der Waals surface area (Å²) in [5.74, 6) is -1.99. The van der Waals surface area contributed by atoms with Gasteiger partial charge in [0.2, 0.25) is 0 Å². The Morgan fingerprint density at radius 3 is 1.46 bits per heavy atom. The summed E-state index contributed by atoms with van der Waals surface area (Å²) in [4.78, 5) is 72.9. The minimum absolute atomic E-state index is 0.108. The summed E-state index contributed by atoms with van der Waals surface area (Å²) in [5, 5.41) is 13.8. The predicted molar refractivity (Wildman–Crippen MR) is 225 cm³/mol. The maximum atomic E-state index is 11.7. The Kier molecular flexibility index (Phi) is 49.4. The highest BCUT2D eigenvalue weighted by atomic mass is 32.1. The third-order valence-electron chi connectivity index (χ3n) is 6.06. The zero-order valence-electron chi connectivity index (χ0n) is 36.8. The Bertz CT molecular complexity index is 1120. The van der Waals surface area contributed by atoms with Crippen LogP contribution < -0.4 is 21.3 Å². The van der Waals surface area contributed by atoms with Gasteiger partial charge in [0.15, 0.2) is 18.2 Å². The zero-order chi connectivity index (χ0) is 46.7. The van der Waals surface area contributed by atoms with Gasteiger partial charge in [-0.05, 0) is 115 Å². The van der Waals surface area contributed by atoms with Crippen LogP contribution in [0.1, 0.15) is 128 Å². The molecule has 0 radical (unpaired) electrons. The molecule has 0 aliphatic rings. The van der Waals surface area contributed by atoms with Crippen molar-refractivity contribution >= 4 is 65.9 Å². The molecule has 0 saturated carbocycles. The number of amides is 2. The van der Waals surface area contributed by atoms with Gasteiger partial charge in [0.05, 0.1) is 6.04 Å².